The molecule has 0 saturated heterocycles. The smallest absolute Gasteiger partial charge is 0.343 e. The van der Waals surface area contributed by atoms with Crippen LogP contribution in [0.5, 0.6) is 11.5 Å². The molecule has 10 heteroatoms. The predicted molar refractivity (Wildman–Crippen MR) is 98.2 cm³/mol. The van der Waals surface area contributed by atoms with Gasteiger partial charge in [-0.1, -0.05) is 11.8 Å². The van der Waals surface area contributed by atoms with E-state index < -0.39 is 0 Å². The molecule has 2 aromatic rings. The lowest BCUT2D eigenvalue weighted by Crippen LogP contribution is -2.19. The van der Waals surface area contributed by atoms with Crippen LogP contribution in [0.4, 0.5) is 5.69 Å². The molecule has 0 aliphatic carbocycles. The second kappa shape index (κ2) is 9.88. The molecule has 2 rings (SSSR count). The summed E-state index contributed by atoms with van der Waals surface area (Å²) in [4.78, 5) is 24.0. The summed E-state index contributed by atoms with van der Waals surface area (Å²) in [5.41, 5.74) is 0.204. The number of H-pyrrole nitrogens is 1. The zero-order valence-corrected chi connectivity index (χ0v) is 15.7. The molecule has 1 aromatic carbocycles. The zero-order valence-electron chi connectivity index (χ0n) is 14.9. The average molecular weight is 382 g/mol. The van der Waals surface area contributed by atoms with Crippen molar-refractivity contribution in [1.29, 1.82) is 0 Å². The van der Waals surface area contributed by atoms with Crippen molar-refractivity contribution in [1.82, 2.24) is 14.8 Å². The maximum Gasteiger partial charge on any atom is 0.343 e. The first kappa shape index (κ1) is 19.9. The van der Waals surface area contributed by atoms with Crippen LogP contribution in [0.3, 0.4) is 0 Å². The number of thioether (sulfide) groups is 1. The van der Waals surface area contributed by atoms with Gasteiger partial charge in [0.1, 0.15) is 11.5 Å². The summed E-state index contributed by atoms with van der Waals surface area (Å²) in [5, 5.41) is 9.59. The van der Waals surface area contributed by atoms with Crippen LogP contribution in [0, 0.1) is 0 Å². The van der Waals surface area contributed by atoms with Gasteiger partial charge < -0.3 is 19.5 Å². The Morgan fingerprint density at radius 2 is 2.12 bits per heavy atom. The number of nitrogens with zero attached hydrogens (tertiary/aromatic N) is 2. The minimum absolute atomic E-state index is 0.0922. The minimum atomic E-state index is -0.307. The van der Waals surface area contributed by atoms with Gasteiger partial charge in [0.05, 0.1) is 25.7 Å². The van der Waals surface area contributed by atoms with Crippen molar-refractivity contribution in [3.8, 4) is 11.5 Å². The molecule has 9 nitrogen and oxygen atoms in total. The first-order valence-electron chi connectivity index (χ1n) is 7.87. The highest BCUT2D eigenvalue weighted by atomic mass is 32.2. The van der Waals surface area contributed by atoms with Crippen molar-refractivity contribution in [2.24, 2.45) is 0 Å². The number of rotatable bonds is 10. The fourth-order valence-electron chi connectivity index (χ4n) is 2.21. The maximum absolute atomic E-state index is 12.3. The monoisotopic (exact) mass is 382 g/mol. The van der Waals surface area contributed by atoms with Gasteiger partial charge in [-0.3, -0.25) is 9.36 Å². The van der Waals surface area contributed by atoms with Crippen LogP contribution in [0.1, 0.15) is 6.42 Å². The summed E-state index contributed by atoms with van der Waals surface area (Å²) in [5.74, 6) is 0.975. The molecule has 0 unspecified atom stereocenters. The van der Waals surface area contributed by atoms with E-state index in [1.54, 1.807) is 32.4 Å². The first-order valence-corrected chi connectivity index (χ1v) is 8.86. The van der Waals surface area contributed by atoms with Gasteiger partial charge in [-0.15, -0.1) is 5.10 Å². The molecule has 0 saturated carbocycles. The fourth-order valence-corrected chi connectivity index (χ4v) is 2.98. The number of benzene rings is 1. The zero-order chi connectivity index (χ0) is 18.9. The van der Waals surface area contributed by atoms with E-state index >= 15 is 0 Å². The lowest BCUT2D eigenvalue weighted by atomic mass is 10.2. The highest BCUT2D eigenvalue weighted by molar-refractivity contribution is 7.99. The van der Waals surface area contributed by atoms with Gasteiger partial charge in [0.15, 0.2) is 5.16 Å². The second-order valence-electron chi connectivity index (χ2n) is 5.21. The van der Waals surface area contributed by atoms with E-state index in [9.17, 15) is 9.59 Å². The number of aromatic nitrogens is 3. The van der Waals surface area contributed by atoms with Gasteiger partial charge in [-0.05, 0) is 18.6 Å². The first-order chi connectivity index (χ1) is 12.6. The van der Waals surface area contributed by atoms with Crippen LogP contribution >= 0.6 is 11.8 Å². The lowest BCUT2D eigenvalue weighted by molar-refractivity contribution is -0.113. The van der Waals surface area contributed by atoms with Gasteiger partial charge in [0.25, 0.3) is 0 Å². The molecule has 0 bridgehead atoms. The van der Waals surface area contributed by atoms with E-state index in [0.717, 1.165) is 0 Å². The number of carbonyl (C=O) groups excluding carboxylic acids is 1. The van der Waals surface area contributed by atoms with E-state index in [-0.39, 0.29) is 17.3 Å². The molecular weight excluding hydrogens is 360 g/mol. The maximum atomic E-state index is 12.3. The molecular formula is C16H22N4O5S. The third-order valence-electron chi connectivity index (χ3n) is 3.47. The van der Waals surface area contributed by atoms with E-state index in [1.165, 1.54) is 23.4 Å². The van der Waals surface area contributed by atoms with Crippen LogP contribution in [0.2, 0.25) is 0 Å². The normalized spacial score (nSPS) is 10.6. The van der Waals surface area contributed by atoms with Crippen LogP contribution < -0.4 is 20.5 Å². The summed E-state index contributed by atoms with van der Waals surface area (Å²) < 4.78 is 16.9. The Hall–Kier alpha value is -2.46. The molecule has 0 radical (unpaired) electrons. The second-order valence-corrected chi connectivity index (χ2v) is 6.15. The molecule has 0 atom stereocenters. The van der Waals surface area contributed by atoms with Crippen LogP contribution in [-0.4, -0.2) is 54.4 Å². The number of nitrogens with one attached hydrogen (secondary N) is 2. The van der Waals surface area contributed by atoms with Crippen LogP contribution in [0.15, 0.2) is 28.2 Å². The molecule has 0 spiro atoms. The molecule has 1 heterocycles. The van der Waals surface area contributed by atoms with Crippen molar-refractivity contribution in [3.05, 3.63) is 28.7 Å². The molecule has 1 aromatic heterocycles. The summed E-state index contributed by atoms with van der Waals surface area (Å²) in [6.45, 7) is 1.01. The minimum Gasteiger partial charge on any atom is -0.497 e. The molecule has 142 valence electrons. The average Bonchev–Trinajstić information content (AvgIpc) is 3.00. The highest BCUT2D eigenvalue weighted by Crippen LogP contribution is 2.29. The van der Waals surface area contributed by atoms with Crippen molar-refractivity contribution < 1.29 is 19.0 Å². The Bertz CT molecular complexity index is 789. The number of amides is 1. The summed E-state index contributed by atoms with van der Waals surface area (Å²) >= 11 is 1.17. The number of methoxy groups -OCH3 is 3. The fraction of sp³-hybridized carbons (Fsp3) is 0.438. The Kier molecular flexibility index (Phi) is 7.54. The summed E-state index contributed by atoms with van der Waals surface area (Å²) in [6.07, 6.45) is 0.677. The van der Waals surface area contributed by atoms with Crippen LogP contribution in [-0.2, 0) is 16.1 Å². The predicted octanol–water partition coefficient (Wildman–Crippen LogP) is 1.36. The van der Waals surface area contributed by atoms with E-state index in [2.05, 4.69) is 15.5 Å². The van der Waals surface area contributed by atoms with Crippen molar-refractivity contribution in [3.63, 3.8) is 0 Å². The summed E-state index contributed by atoms with van der Waals surface area (Å²) in [7, 11) is 4.67. The Morgan fingerprint density at radius 3 is 2.81 bits per heavy atom. The lowest BCUT2D eigenvalue weighted by Gasteiger charge is -2.11. The number of ether oxygens (including phenoxy) is 3. The van der Waals surface area contributed by atoms with E-state index in [1.807, 2.05) is 0 Å². The Morgan fingerprint density at radius 1 is 1.31 bits per heavy atom. The van der Waals surface area contributed by atoms with Gasteiger partial charge in [0, 0.05) is 26.3 Å². The van der Waals surface area contributed by atoms with Crippen molar-refractivity contribution in [2.45, 2.75) is 18.1 Å². The number of anilines is 1. The number of aromatic amines is 1. The van der Waals surface area contributed by atoms with Crippen LogP contribution in [0.25, 0.3) is 0 Å². The molecule has 0 aliphatic heterocycles. The van der Waals surface area contributed by atoms with Crippen molar-refractivity contribution in [2.75, 3.05) is 39.0 Å². The third-order valence-corrected chi connectivity index (χ3v) is 4.44. The topological polar surface area (TPSA) is 107 Å². The van der Waals surface area contributed by atoms with E-state index in [4.69, 9.17) is 14.2 Å². The van der Waals surface area contributed by atoms with Gasteiger partial charge in [-0.25, -0.2) is 9.89 Å². The van der Waals surface area contributed by atoms with Gasteiger partial charge in [-0.2, -0.15) is 0 Å². The van der Waals surface area contributed by atoms with Gasteiger partial charge in [0.2, 0.25) is 5.91 Å². The number of hydrogen-bond donors (Lipinski definition) is 2. The van der Waals surface area contributed by atoms with E-state index in [0.29, 0.717) is 41.9 Å². The number of hydrogen-bond acceptors (Lipinski definition) is 7. The van der Waals surface area contributed by atoms with Crippen molar-refractivity contribution >= 4 is 23.4 Å². The molecule has 26 heavy (non-hydrogen) atoms. The number of carbonyl (C=O) groups is 1. The summed E-state index contributed by atoms with van der Waals surface area (Å²) in [6, 6.07) is 5.13. The quantitative estimate of drug-likeness (QED) is 0.472. The standard InChI is InChI=1S/C16H22N4O5S/c1-23-8-4-7-20-15(22)18-19-16(20)26-10-14(21)17-12-9-11(24-2)5-6-13(12)25-3/h5-6,9H,4,7-8,10H2,1-3H3,(H,17,21)(H,18,22). The molecule has 2 N–H and O–H groups in total. The highest BCUT2D eigenvalue weighted by Gasteiger charge is 2.13. The largest absolute Gasteiger partial charge is 0.497 e. The Balaban J connectivity index is 1.98. The van der Waals surface area contributed by atoms with Gasteiger partial charge >= 0.3 is 5.69 Å². The Labute approximate surface area is 155 Å². The third kappa shape index (κ3) is 5.27. The molecule has 1 amide bonds. The SMILES string of the molecule is COCCCn1c(SCC(=O)Nc2cc(OC)ccc2OC)n[nH]c1=O. The molecule has 0 aliphatic rings. The molecule has 0 fully saturated rings.